The highest BCUT2D eigenvalue weighted by Crippen LogP contribution is 2.71. The summed E-state index contributed by atoms with van der Waals surface area (Å²) in [5.41, 5.74) is 1.29. The summed E-state index contributed by atoms with van der Waals surface area (Å²) in [6.45, 7) is 19.4. The number of ether oxygens (including phenoxy) is 10. The Morgan fingerprint density at radius 1 is 0.875 bits per heavy atom. The average molecular weight is 777 g/mol. The third kappa shape index (κ3) is 5.04. The predicted molar refractivity (Wildman–Crippen MR) is 196 cm³/mol. The number of epoxide rings is 1. The van der Waals surface area contributed by atoms with E-state index in [4.69, 9.17) is 47.4 Å². The molecule has 2 bridgehead atoms. The molecule has 56 heavy (non-hydrogen) atoms. The standard InChI is InChI=1S/C43H52O13/c1-19-13-12-14-25-29(19)33(46)31-26(32(25)45)15-20(2)30-34(31)54-43(47-11)38-35(30)55-42(56-38,41(43)18-48-41)23(5)51-27-16-40(9,10)37(22(4)49-27)53-28-17-39(7,8)36(21(3)50-28)52-24(6)44/h12-15,21-23,27-28,35-38H,16-18H2,1-11H3/t21?,22?,23?,27?,28?,35?,36?,37?,38?,41?,42-,43?/m1/s1. The highest BCUT2D eigenvalue weighted by molar-refractivity contribution is 6.30. The molecule has 0 aromatic heterocycles. The van der Waals surface area contributed by atoms with Gasteiger partial charge in [-0.1, -0.05) is 45.9 Å². The first-order chi connectivity index (χ1) is 26.3. The molecule has 11 unspecified atom stereocenters. The number of ketones is 2. The van der Waals surface area contributed by atoms with Crippen LogP contribution >= 0.6 is 0 Å². The first kappa shape index (κ1) is 38.3. The van der Waals surface area contributed by atoms with E-state index >= 15 is 0 Å². The molecule has 302 valence electrons. The minimum Gasteiger partial charge on any atom is -0.459 e. The maximum atomic E-state index is 14.3. The molecule has 5 saturated heterocycles. The maximum absolute atomic E-state index is 14.3. The van der Waals surface area contributed by atoms with Crippen LogP contribution in [0.4, 0.5) is 0 Å². The fourth-order valence-electron chi connectivity index (χ4n) is 10.8. The van der Waals surface area contributed by atoms with Crippen LogP contribution in [-0.4, -0.2) is 97.6 Å². The number of benzene rings is 2. The summed E-state index contributed by atoms with van der Waals surface area (Å²) in [6, 6.07) is 7.06. The van der Waals surface area contributed by atoms with Gasteiger partial charge in [0.05, 0.1) is 30.5 Å². The Morgan fingerprint density at radius 3 is 2.18 bits per heavy atom. The molecular weight excluding hydrogens is 724 g/mol. The molecule has 12 atom stereocenters. The lowest BCUT2D eigenvalue weighted by Gasteiger charge is -2.51. The van der Waals surface area contributed by atoms with E-state index in [9.17, 15) is 14.4 Å². The van der Waals surface area contributed by atoms with Gasteiger partial charge in [-0.3, -0.25) is 14.4 Å². The van der Waals surface area contributed by atoms with Crippen LogP contribution in [0.5, 0.6) is 5.75 Å². The van der Waals surface area contributed by atoms with Crippen LogP contribution in [0.1, 0.15) is 123 Å². The lowest BCUT2D eigenvalue weighted by molar-refractivity contribution is -0.352. The highest BCUT2D eigenvalue weighted by atomic mass is 16.9. The SMILES string of the molecule is COC12Oc3c4c(cc(C)c3C3O[C@](C(C)OC5CC(C)(C)C(OC6CC(C)(C)C(OC(C)=O)C(C)O6)C(C)O5)(OC31)C21CO1)C(=O)c1cccc(C)c1C4=O. The van der Waals surface area contributed by atoms with Gasteiger partial charge in [0.15, 0.2) is 30.3 Å². The van der Waals surface area contributed by atoms with Crippen LogP contribution in [0.2, 0.25) is 0 Å². The summed E-state index contributed by atoms with van der Waals surface area (Å²) in [4.78, 5) is 40.0. The van der Waals surface area contributed by atoms with Crippen LogP contribution in [0.3, 0.4) is 0 Å². The van der Waals surface area contributed by atoms with Crippen LogP contribution in [0.15, 0.2) is 24.3 Å². The molecule has 13 nitrogen and oxygen atoms in total. The number of aryl methyl sites for hydroxylation is 2. The number of carbonyl (C=O) groups excluding carboxylic acids is 3. The Labute approximate surface area is 326 Å². The maximum Gasteiger partial charge on any atom is 0.303 e. The van der Waals surface area contributed by atoms with Gasteiger partial charge in [0.25, 0.3) is 5.79 Å². The molecule has 9 rings (SSSR count). The Kier molecular flexibility index (Phi) is 8.45. The van der Waals surface area contributed by atoms with E-state index in [2.05, 4.69) is 27.7 Å². The summed E-state index contributed by atoms with van der Waals surface area (Å²) < 4.78 is 65.2. The minimum absolute atomic E-state index is 0.188. The van der Waals surface area contributed by atoms with Gasteiger partial charge >= 0.3 is 5.97 Å². The zero-order valence-corrected chi connectivity index (χ0v) is 33.9. The lowest BCUT2D eigenvalue weighted by atomic mass is 9.75. The van der Waals surface area contributed by atoms with Gasteiger partial charge < -0.3 is 47.4 Å². The summed E-state index contributed by atoms with van der Waals surface area (Å²) in [6.07, 6.45) is -3.81. The second-order valence-corrected chi connectivity index (χ2v) is 18.1. The molecule has 6 heterocycles. The average Bonchev–Trinajstić information content (AvgIpc) is 3.76. The second-order valence-electron chi connectivity index (χ2n) is 18.1. The van der Waals surface area contributed by atoms with Crippen molar-refractivity contribution in [1.82, 2.24) is 0 Å². The molecule has 13 heteroatoms. The molecule has 0 N–H and O–H groups in total. The van der Waals surface area contributed by atoms with Gasteiger partial charge in [-0.05, 0) is 57.2 Å². The molecule has 2 aromatic carbocycles. The number of hydrogen-bond acceptors (Lipinski definition) is 13. The summed E-state index contributed by atoms with van der Waals surface area (Å²) in [5, 5.41) is 0. The Hall–Kier alpha value is -3.27. The van der Waals surface area contributed by atoms with Crippen molar-refractivity contribution in [3.8, 4) is 5.75 Å². The molecule has 0 amide bonds. The first-order valence-electron chi connectivity index (χ1n) is 19.7. The largest absolute Gasteiger partial charge is 0.459 e. The van der Waals surface area contributed by atoms with Gasteiger partial charge in [0.2, 0.25) is 11.4 Å². The van der Waals surface area contributed by atoms with Crippen LogP contribution in [-0.2, 0) is 47.4 Å². The van der Waals surface area contributed by atoms with Crippen molar-refractivity contribution >= 4 is 17.5 Å². The summed E-state index contributed by atoms with van der Waals surface area (Å²) >= 11 is 0. The number of carbonyl (C=O) groups is 3. The van der Waals surface area contributed by atoms with Crippen molar-refractivity contribution in [2.24, 2.45) is 10.8 Å². The lowest BCUT2D eigenvalue weighted by Crippen LogP contribution is -2.70. The van der Waals surface area contributed by atoms with E-state index in [-0.39, 0.29) is 70.8 Å². The quantitative estimate of drug-likeness (QED) is 0.211. The van der Waals surface area contributed by atoms with Gasteiger partial charge in [-0.15, -0.1) is 0 Å². The monoisotopic (exact) mass is 776 g/mol. The van der Waals surface area contributed by atoms with E-state index in [1.807, 2.05) is 40.7 Å². The van der Waals surface area contributed by atoms with Gasteiger partial charge in [-0.2, -0.15) is 0 Å². The number of rotatable bonds is 7. The number of methoxy groups -OCH3 is 1. The van der Waals surface area contributed by atoms with Crippen molar-refractivity contribution in [2.45, 2.75) is 155 Å². The number of esters is 1. The van der Waals surface area contributed by atoms with Crippen LogP contribution < -0.4 is 4.74 Å². The molecule has 1 spiro atoms. The third-order valence-corrected chi connectivity index (χ3v) is 13.4. The number of fused-ring (bicyclic) bond motifs is 8. The topological polar surface area (TPSA) is 147 Å². The van der Waals surface area contributed by atoms with Crippen molar-refractivity contribution < 1.29 is 61.8 Å². The van der Waals surface area contributed by atoms with Crippen LogP contribution in [0, 0.1) is 24.7 Å². The van der Waals surface area contributed by atoms with E-state index in [1.165, 1.54) is 14.0 Å². The van der Waals surface area contributed by atoms with Gasteiger partial charge in [0, 0.05) is 54.5 Å². The molecule has 6 aliphatic heterocycles. The van der Waals surface area contributed by atoms with Crippen LogP contribution in [0.25, 0.3) is 0 Å². The zero-order valence-electron chi connectivity index (χ0n) is 33.9. The minimum atomic E-state index is -1.50. The fraction of sp³-hybridized carbons (Fsp3) is 0.651. The highest BCUT2D eigenvalue weighted by Gasteiger charge is 2.92. The summed E-state index contributed by atoms with van der Waals surface area (Å²) in [7, 11) is 1.53. The van der Waals surface area contributed by atoms with Crippen molar-refractivity contribution in [3.05, 3.63) is 63.2 Å². The van der Waals surface area contributed by atoms with Crippen molar-refractivity contribution in [2.75, 3.05) is 13.7 Å². The third-order valence-electron chi connectivity index (χ3n) is 13.4. The number of hydrogen-bond donors (Lipinski definition) is 0. The predicted octanol–water partition coefficient (Wildman–Crippen LogP) is 5.79. The van der Waals surface area contributed by atoms with Gasteiger partial charge in [0.1, 0.15) is 24.1 Å². The van der Waals surface area contributed by atoms with E-state index < -0.39 is 53.5 Å². The second kappa shape index (κ2) is 12.4. The fourth-order valence-corrected chi connectivity index (χ4v) is 10.8. The molecule has 1 aliphatic carbocycles. The molecule has 7 aliphatic rings. The Bertz CT molecular complexity index is 2030. The molecule has 0 saturated carbocycles. The molecule has 0 radical (unpaired) electrons. The van der Waals surface area contributed by atoms with E-state index in [0.717, 1.165) is 5.56 Å². The smallest absolute Gasteiger partial charge is 0.303 e. The Morgan fingerprint density at radius 2 is 1.54 bits per heavy atom. The molecular formula is C43H52O13. The Balaban J connectivity index is 0.973. The zero-order chi connectivity index (χ0) is 40.1. The van der Waals surface area contributed by atoms with E-state index in [0.29, 0.717) is 35.1 Å². The van der Waals surface area contributed by atoms with Crippen molar-refractivity contribution in [1.29, 1.82) is 0 Å². The first-order valence-corrected chi connectivity index (χ1v) is 19.7. The summed E-state index contributed by atoms with van der Waals surface area (Å²) in [5.74, 6) is -3.55. The van der Waals surface area contributed by atoms with Crippen molar-refractivity contribution in [3.63, 3.8) is 0 Å². The van der Waals surface area contributed by atoms with Gasteiger partial charge in [-0.25, -0.2) is 0 Å². The normalized spacial score (nSPS) is 40.1. The van der Waals surface area contributed by atoms with E-state index in [1.54, 1.807) is 18.2 Å². The molecule has 5 fully saturated rings. The molecule has 2 aromatic rings.